The first-order valence-electron chi connectivity index (χ1n) is 9.16. The molecule has 118 valence electrons. The number of hydrogen-bond donors (Lipinski definition) is 1. The van der Waals surface area contributed by atoms with Crippen LogP contribution in [-0.4, -0.2) is 17.0 Å². The first-order valence-corrected chi connectivity index (χ1v) is 9.16. The van der Waals surface area contributed by atoms with Crippen LogP contribution in [0.1, 0.15) is 71.6 Å². The highest BCUT2D eigenvalue weighted by atomic mass is 16.3. The van der Waals surface area contributed by atoms with Gasteiger partial charge in [0.15, 0.2) is 0 Å². The lowest BCUT2D eigenvalue weighted by atomic mass is 9.45. The SMILES string of the molecule is C[C@@]12CC[C@@H](O)C[C@H]1CC[C@H]1[C@H]2CC[C@]2(C)C(=O)CC[C@@H]12. The molecule has 2 heteroatoms. The molecule has 4 aliphatic rings. The second-order valence-corrected chi connectivity index (χ2v) is 9.00. The van der Waals surface area contributed by atoms with Crippen molar-refractivity contribution < 1.29 is 9.90 Å². The van der Waals surface area contributed by atoms with Crippen LogP contribution in [0.2, 0.25) is 0 Å². The highest BCUT2D eigenvalue weighted by Gasteiger charge is 2.60. The second-order valence-electron chi connectivity index (χ2n) is 9.00. The van der Waals surface area contributed by atoms with Gasteiger partial charge in [-0.2, -0.15) is 0 Å². The Morgan fingerprint density at radius 1 is 1.00 bits per heavy atom. The van der Waals surface area contributed by atoms with Gasteiger partial charge in [-0.25, -0.2) is 0 Å². The lowest BCUT2D eigenvalue weighted by molar-refractivity contribution is -0.142. The monoisotopic (exact) mass is 290 g/mol. The van der Waals surface area contributed by atoms with Crippen molar-refractivity contribution in [3.8, 4) is 0 Å². The molecule has 0 aromatic heterocycles. The highest BCUT2D eigenvalue weighted by molar-refractivity contribution is 5.87. The molecule has 0 saturated heterocycles. The van der Waals surface area contributed by atoms with Crippen molar-refractivity contribution in [2.45, 2.75) is 77.7 Å². The number of hydrogen-bond acceptors (Lipinski definition) is 2. The first-order chi connectivity index (χ1) is 9.95. The Labute approximate surface area is 128 Å². The molecule has 7 atom stereocenters. The van der Waals surface area contributed by atoms with E-state index in [4.69, 9.17) is 0 Å². The summed E-state index contributed by atoms with van der Waals surface area (Å²) in [6, 6.07) is 0. The summed E-state index contributed by atoms with van der Waals surface area (Å²) in [5, 5.41) is 10.0. The summed E-state index contributed by atoms with van der Waals surface area (Å²) in [7, 11) is 0. The van der Waals surface area contributed by atoms with Gasteiger partial charge in [0.25, 0.3) is 0 Å². The molecule has 2 nitrogen and oxygen atoms in total. The van der Waals surface area contributed by atoms with Crippen LogP contribution in [0.3, 0.4) is 0 Å². The van der Waals surface area contributed by atoms with E-state index in [0.29, 0.717) is 17.1 Å². The number of ketones is 1. The topological polar surface area (TPSA) is 37.3 Å². The van der Waals surface area contributed by atoms with Gasteiger partial charge in [-0.3, -0.25) is 4.79 Å². The van der Waals surface area contributed by atoms with Gasteiger partial charge in [-0.1, -0.05) is 13.8 Å². The average molecular weight is 290 g/mol. The predicted molar refractivity (Wildman–Crippen MR) is 82.7 cm³/mol. The second kappa shape index (κ2) is 4.57. The van der Waals surface area contributed by atoms with Gasteiger partial charge in [0.1, 0.15) is 5.78 Å². The summed E-state index contributed by atoms with van der Waals surface area (Å²) in [5.41, 5.74) is 0.452. The summed E-state index contributed by atoms with van der Waals surface area (Å²) < 4.78 is 0. The van der Waals surface area contributed by atoms with E-state index in [2.05, 4.69) is 13.8 Å². The van der Waals surface area contributed by atoms with Crippen molar-refractivity contribution in [2.24, 2.45) is 34.5 Å². The minimum absolute atomic E-state index is 0.0124. The Balaban J connectivity index is 1.64. The van der Waals surface area contributed by atoms with Crippen LogP contribution in [-0.2, 0) is 4.79 Å². The zero-order valence-corrected chi connectivity index (χ0v) is 13.6. The zero-order chi connectivity index (χ0) is 14.8. The molecule has 0 spiro atoms. The van der Waals surface area contributed by atoms with E-state index >= 15 is 0 Å². The van der Waals surface area contributed by atoms with Crippen LogP contribution in [0.5, 0.6) is 0 Å². The van der Waals surface area contributed by atoms with E-state index in [1.54, 1.807) is 0 Å². The maximum atomic E-state index is 12.4. The van der Waals surface area contributed by atoms with E-state index in [-0.39, 0.29) is 11.5 Å². The lowest BCUT2D eigenvalue weighted by Crippen LogP contribution is -2.54. The normalized spacial score (nSPS) is 56.5. The highest BCUT2D eigenvalue weighted by Crippen LogP contribution is 2.65. The van der Waals surface area contributed by atoms with Crippen LogP contribution in [0.15, 0.2) is 0 Å². The zero-order valence-electron chi connectivity index (χ0n) is 13.6. The van der Waals surface area contributed by atoms with Gasteiger partial charge in [-0.15, -0.1) is 0 Å². The first kappa shape index (κ1) is 14.2. The molecule has 4 saturated carbocycles. The molecule has 0 radical (unpaired) electrons. The van der Waals surface area contributed by atoms with Crippen molar-refractivity contribution in [3.05, 3.63) is 0 Å². The summed E-state index contributed by atoms with van der Waals surface area (Å²) in [4.78, 5) is 12.4. The van der Waals surface area contributed by atoms with Gasteiger partial charge in [0.05, 0.1) is 6.10 Å². The molecule has 0 aromatic carbocycles. The molecule has 4 fully saturated rings. The van der Waals surface area contributed by atoms with E-state index in [9.17, 15) is 9.90 Å². The number of rotatable bonds is 0. The van der Waals surface area contributed by atoms with Crippen LogP contribution < -0.4 is 0 Å². The van der Waals surface area contributed by atoms with Gasteiger partial charge < -0.3 is 5.11 Å². The quantitative estimate of drug-likeness (QED) is 0.733. The minimum Gasteiger partial charge on any atom is -0.393 e. The number of fused-ring (bicyclic) bond motifs is 5. The summed E-state index contributed by atoms with van der Waals surface area (Å²) >= 11 is 0. The molecule has 0 bridgehead atoms. The maximum Gasteiger partial charge on any atom is 0.139 e. The van der Waals surface area contributed by atoms with Crippen molar-refractivity contribution in [1.82, 2.24) is 0 Å². The molecule has 0 aliphatic heterocycles. The van der Waals surface area contributed by atoms with Crippen LogP contribution in [0.25, 0.3) is 0 Å². The van der Waals surface area contributed by atoms with Crippen LogP contribution >= 0.6 is 0 Å². The van der Waals surface area contributed by atoms with Crippen molar-refractivity contribution in [2.75, 3.05) is 0 Å². The Bertz CT molecular complexity index is 458. The third-order valence-corrected chi connectivity index (χ3v) is 8.35. The van der Waals surface area contributed by atoms with Crippen molar-refractivity contribution >= 4 is 5.78 Å². The van der Waals surface area contributed by atoms with Gasteiger partial charge in [0, 0.05) is 11.8 Å². The Kier molecular flexibility index (Phi) is 3.10. The Morgan fingerprint density at radius 2 is 1.81 bits per heavy atom. The van der Waals surface area contributed by atoms with Crippen LogP contribution in [0.4, 0.5) is 0 Å². The molecule has 0 unspecified atom stereocenters. The number of carbonyl (C=O) groups is 1. The third kappa shape index (κ3) is 1.84. The Hall–Kier alpha value is -0.370. The molecule has 0 amide bonds. The van der Waals surface area contributed by atoms with Crippen molar-refractivity contribution in [3.63, 3.8) is 0 Å². The summed E-state index contributed by atoms with van der Waals surface area (Å²) in [6.07, 6.45) is 10.1. The molecule has 0 heterocycles. The summed E-state index contributed by atoms with van der Waals surface area (Å²) in [6.45, 7) is 4.78. The maximum absolute atomic E-state index is 12.4. The van der Waals surface area contributed by atoms with Gasteiger partial charge >= 0.3 is 0 Å². The molecular weight excluding hydrogens is 260 g/mol. The molecular formula is C19H30O2. The van der Waals surface area contributed by atoms with Crippen LogP contribution in [0, 0.1) is 34.5 Å². The predicted octanol–water partition coefficient (Wildman–Crippen LogP) is 3.96. The van der Waals surface area contributed by atoms with Gasteiger partial charge in [0.2, 0.25) is 0 Å². The smallest absolute Gasteiger partial charge is 0.139 e. The van der Waals surface area contributed by atoms with E-state index < -0.39 is 0 Å². The van der Waals surface area contributed by atoms with E-state index in [0.717, 1.165) is 49.9 Å². The molecule has 21 heavy (non-hydrogen) atoms. The number of aliphatic hydroxyl groups excluding tert-OH is 1. The number of carbonyl (C=O) groups excluding carboxylic acids is 1. The van der Waals surface area contributed by atoms with E-state index in [1.807, 2.05) is 0 Å². The minimum atomic E-state index is -0.0541. The number of Topliss-reactive ketones (excluding diaryl/α,β-unsaturated/α-hetero) is 1. The molecule has 0 aromatic rings. The molecule has 4 rings (SSSR count). The van der Waals surface area contributed by atoms with E-state index in [1.165, 1.54) is 25.7 Å². The lowest BCUT2D eigenvalue weighted by Gasteiger charge is -2.60. The Morgan fingerprint density at radius 3 is 2.62 bits per heavy atom. The third-order valence-electron chi connectivity index (χ3n) is 8.35. The fraction of sp³-hybridized carbons (Fsp3) is 0.947. The fourth-order valence-electron chi connectivity index (χ4n) is 7.01. The molecule has 4 aliphatic carbocycles. The molecule has 1 N–H and O–H groups in total. The van der Waals surface area contributed by atoms with Gasteiger partial charge in [-0.05, 0) is 80.5 Å². The summed E-state index contributed by atoms with van der Waals surface area (Å²) in [5.74, 6) is 3.54. The number of aliphatic hydroxyl groups is 1. The fourth-order valence-corrected chi connectivity index (χ4v) is 7.01. The van der Waals surface area contributed by atoms with Crippen molar-refractivity contribution in [1.29, 1.82) is 0 Å². The average Bonchev–Trinajstić information content (AvgIpc) is 2.76. The largest absolute Gasteiger partial charge is 0.393 e. The standard InChI is InChI=1S/C19H30O2/c1-18-9-7-13(20)11-12(18)3-4-14-15-5-6-17(21)19(15,2)10-8-16(14)18/h12-16,20H,3-11H2,1-2H3/t12-,13-,14-,15+,16-,18-,19+/m1/s1.